The van der Waals surface area contributed by atoms with E-state index in [0.717, 1.165) is 31.1 Å². The van der Waals surface area contributed by atoms with Crippen LogP contribution in [0.2, 0.25) is 15.1 Å². The minimum Gasteiger partial charge on any atom is -0.334 e. The maximum absolute atomic E-state index is 13.6. The molecule has 3 rings (SSSR count). The normalized spacial score (nSPS) is 16.5. The van der Waals surface area contributed by atoms with Gasteiger partial charge in [0.05, 0.1) is 26.6 Å². The van der Waals surface area contributed by atoms with Crippen molar-refractivity contribution < 1.29 is 18.0 Å². The summed E-state index contributed by atoms with van der Waals surface area (Å²) in [7, 11) is 0. The molecule has 1 unspecified atom stereocenters. The molecule has 1 amide bonds. The van der Waals surface area contributed by atoms with Crippen LogP contribution in [-0.2, 0) is 0 Å². The molecule has 1 saturated carbocycles. The van der Waals surface area contributed by atoms with Crippen LogP contribution in [0.5, 0.6) is 0 Å². The fourth-order valence-corrected chi connectivity index (χ4v) is 3.58. The van der Waals surface area contributed by atoms with Gasteiger partial charge in [-0.05, 0) is 54.7 Å². The molecule has 0 aliphatic heterocycles. The minimum atomic E-state index is -4.56. The standard InChI is InChI=1S/C21H18Cl3F3N2O/c1-11-8-12(2-4-14(11)19(30)29-20(28)6-7-20)3-5-15(21(25,26)27)13-9-16(22)18(24)17(23)10-13/h2-5,8-10,15H,6-7,28H2,1H3,(H,29,30)/b5-3+. The summed E-state index contributed by atoms with van der Waals surface area (Å²) >= 11 is 17.6. The molecular weight excluding hydrogens is 460 g/mol. The van der Waals surface area contributed by atoms with E-state index < -0.39 is 17.8 Å². The maximum atomic E-state index is 13.6. The van der Waals surface area contributed by atoms with Crippen molar-refractivity contribution in [1.82, 2.24) is 5.32 Å². The van der Waals surface area contributed by atoms with Crippen LogP contribution in [-0.4, -0.2) is 17.7 Å². The number of hydrogen-bond acceptors (Lipinski definition) is 2. The monoisotopic (exact) mass is 476 g/mol. The molecule has 3 nitrogen and oxygen atoms in total. The van der Waals surface area contributed by atoms with Gasteiger partial charge in [0.1, 0.15) is 0 Å². The van der Waals surface area contributed by atoms with Crippen molar-refractivity contribution in [1.29, 1.82) is 0 Å². The summed E-state index contributed by atoms with van der Waals surface area (Å²) in [6.45, 7) is 1.71. The molecule has 0 bridgehead atoms. The number of carbonyl (C=O) groups excluding carboxylic acids is 1. The van der Waals surface area contributed by atoms with Gasteiger partial charge < -0.3 is 11.1 Å². The number of nitrogens with one attached hydrogen (secondary N) is 1. The number of nitrogens with two attached hydrogens (primary N) is 1. The van der Waals surface area contributed by atoms with Gasteiger partial charge in [-0.15, -0.1) is 0 Å². The molecule has 0 radical (unpaired) electrons. The van der Waals surface area contributed by atoms with Gasteiger partial charge >= 0.3 is 6.18 Å². The van der Waals surface area contributed by atoms with Crippen molar-refractivity contribution in [3.8, 4) is 0 Å². The Balaban J connectivity index is 1.86. The Morgan fingerprint density at radius 1 is 1.17 bits per heavy atom. The third-order valence-corrected chi connectivity index (χ3v) is 6.04. The summed E-state index contributed by atoms with van der Waals surface area (Å²) in [6.07, 6.45) is -0.768. The van der Waals surface area contributed by atoms with Crippen LogP contribution in [0.4, 0.5) is 13.2 Å². The average molecular weight is 478 g/mol. The highest BCUT2D eigenvalue weighted by Gasteiger charge is 2.40. The molecule has 0 heterocycles. The zero-order valence-electron chi connectivity index (χ0n) is 15.8. The van der Waals surface area contributed by atoms with E-state index in [4.69, 9.17) is 40.5 Å². The van der Waals surface area contributed by atoms with E-state index in [1.54, 1.807) is 25.1 Å². The fourth-order valence-electron chi connectivity index (χ4n) is 2.97. The van der Waals surface area contributed by atoms with Crippen molar-refractivity contribution in [3.05, 3.63) is 73.7 Å². The number of amides is 1. The zero-order chi connectivity index (χ0) is 22.3. The van der Waals surface area contributed by atoms with E-state index in [2.05, 4.69) is 5.32 Å². The lowest BCUT2D eigenvalue weighted by molar-refractivity contribution is -0.139. The van der Waals surface area contributed by atoms with Gasteiger partial charge in [-0.1, -0.05) is 59.1 Å². The largest absolute Gasteiger partial charge is 0.399 e. The Bertz CT molecular complexity index is 994. The molecule has 1 aliphatic rings. The Morgan fingerprint density at radius 3 is 2.27 bits per heavy atom. The number of hydrogen-bond donors (Lipinski definition) is 2. The molecule has 0 spiro atoms. The van der Waals surface area contributed by atoms with Gasteiger partial charge in [0.15, 0.2) is 0 Å². The second-order valence-electron chi connectivity index (χ2n) is 7.36. The van der Waals surface area contributed by atoms with Crippen LogP contribution in [0, 0.1) is 6.92 Å². The van der Waals surface area contributed by atoms with Crippen LogP contribution < -0.4 is 11.1 Å². The second kappa shape index (κ2) is 8.42. The lowest BCUT2D eigenvalue weighted by Crippen LogP contribution is -2.44. The van der Waals surface area contributed by atoms with E-state index in [1.165, 1.54) is 6.08 Å². The molecule has 2 aromatic rings. The average Bonchev–Trinajstić information content (AvgIpc) is 3.35. The number of alkyl halides is 3. The predicted molar refractivity (Wildman–Crippen MR) is 114 cm³/mol. The first-order valence-corrected chi connectivity index (χ1v) is 10.1. The van der Waals surface area contributed by atoms with E-state index in [-0.39, 0.29) is 26.5 Å². The van der Waals surface area contributed by atoms with Crippen molar-refractivity contribution in [3.63, 3.8) is 0 Å². The summed E-state index contributed by atoms with van der Waals surface area (Å²) in [5.41, 5.74) is 6.69. The van der Waals surface area contributed by atoms with Gasteiger partial charge in [-0.25, -0.2) is 0 Å². The zero-order valence-corrected chi connectivity index (χ0v) is 18.1. The van der Waals surface area contributed by atoms with Gasteiger partial charge in [0, 0.05) is 5.56 Å². The molecule has 30 heavy (non-hydrogen) atoms. The first-order chi connectivity index (χ1) is 13.9. The number of rotatable bonds is 5. The van der Waals surface area contributed by atoms with Gasteiger partial charge in [0.2, 0.25) is 0 Å². The number of allylic oxidation sites excluding steroid dienone is 1. The van der Waals surface area contributed by atoms with Gasteiger partial charge in [0.25, 0.3) is 5.91 Å². The third-order valence-electron chi connectivity index (χ3n) is 4.85. The van der Waals surface area contributed by atoms with Crippen LogP contribution in [0.25, 0.3) is 6.08 Å². The number of carbonyl (C=O) groups is 1. The van der Waals surface area contributed by atoms with Crippen molar-refractivity contribution in [2.24, 2.45) is 5.73 Å². The Kier molecular flexibility index (Phi) is 6.44. The van der Waals surface area contributed by atoms with Gasteiger partial charge in [-0.3, -0.25) is 4.79 Å². The van der Waals surface area contributed by atoms with Crippen LogP contribution in [0.1, 0.15) is 45.8 Å². The number of halogens is 6. The smallest absolute Gasteiger partial charge is 0.334 e. The molecular formula is C21H18Cl3F3N2O. The van der Waals surface area contributed by atoms with E-state index in [1.807, 2.05) is 0 Å². The number of aryl methyl sites for hydroxylation is 1. The molecule has 0 saturated heterocycles. The highest BCUT2D eigenvalue weighted by Crippen LogP contribution is 2.41. The Labute approximate surface area is 187 Å². The Hall–Kier alpha value is -1.73. The summed E-state index contributed by atoms with van der Waals surface area (Å²) in [4.78, 5) is 12.3. The van der Waals surface area contributed by atoms with Gasteiger partial charge in [-0.2, -0.15) is 13.2 Å². The SMILES string of the molecule is Cc1cc(/C=C/C(c2cc(Cl)c(Cl)c(Cl)c2)C(F)(F)F)ccc1C(=O)NC1(N)CC1. The van der Waals surface area contributed by atoms with Crippen LogP contribution in [0.3, 0.4) is 0 Å². The van der Waals surface area contributed by atoms with Crippen molar-refractivity contribution in [2.45, 2.75) is 37.5 Å². The third kappa shape index (κ3) is 5.30. The van der Waals surface area contributed by atoms with Crippen molar-refractivity contribution in [2.75, 3.05) is 0 Å². The maximum Gasteiger partial charge on any atom is 0.399 e. The summed E-state index contributed by atoms with van der Waals surface area (Å²) in [5, 5.41) is 2.64. The number of benzene rings is 2. The van der Waals surface area contributed by atoms with Crippen LogP contribution in [0.15, 0.2) is 36.4 Å². The predicted octanol–water partition coefficient (Wildman–Crippen LogP) is 6.49. The first kappa shape index (κ1) is 22.9. The van der Waals surface area contributed by atoms with E-state index in [0.29, 0.717) is 16.7 Å². The van der Waals surface area contributed by atoms with Crippen LogP contribution >= 0.6 is 34.8 Å². The lowest BCUT2D eigenvalue weighted by Gasteiger charge is -2.18. The molecule has 1 atom stereocenters. The summed E-state index contributed by atoms with van der Waals surface area (Å²) < 4.78 is 40.9. The molecule has 1 aliphatic carbocycles. The fraction of sp³-hybridized carbons (Fsp3) is 0.286. The topological polar surface area (TPSA) is 55.1 Å². The first-order valence-electron chi connectivity index (χ1n) is 9.01. The minimum absolute atomic E-state index is 0.00179. The second-order valence-corrected chi connectivity index (χ2v) is 8.55. The summed E-state index contributed by atoms with van der Waals surface area (Å²) in [5.74, 6) is -2.23. The van der Waals surface area contributed by atoms with E-state index >= 15 is 0 Å². The van der Waals surface area contributed by atoms with Crippen molar-refractivity contribution >= 4 is 46.8 Å². The lowest BCUT2D eigenvalue weighted by atomic mass is 9.96. The quantitative estimate of drug-likeness (QED) is 0.382. The molecule has 9 heteroatoms. The van der Waals surface area contributed by atoms with E-state index in [9.17, 15) is 18.0 Å². The summed E-state index contributed by atoms with van der Waals surface area (Å²) in [6, 6.07) is 7.07. The molecule has 1 fully saturated rings. The highest BCUT2D eigenvalue weighted by atomic mass is 35.5. The highest BCUT2D eigenvalue weighted by molar-refractivity contribution is 6.48. The molecule has 160 valence electrons. The molecule has 3 N–H and O–H groups in total. The molecule has 2 aromatic carbocycles. The molecule has 0 aromatic heterocycles. The Morgan fingerprint density at radius 2 is 1.77 bits per heavy atom.